The molecule has 0 aliphatic rings. The van der Waals surface area contributed by atoms with Crippen molar-refractivity contribution in [2.45, 2.75) is 251 Å². The van der Waals surface area contributed by atoms with Gasteiger partial charge in [0.25, 0.3) is 0 Å². The highest BCUT2D eigenvalue weighted by Crippen LogP contribution is 2.43. The molecule has 0 saturated heterocycles. The van der Waals surface area contributed by atoms with Crippen LogP contribution in [-0.4, -0.2) is 65.7 Å². The summed E-state index contributed by atoms with van der Waals surface area (Å²) in [6, 6.07) is 0. The molecule has 0 spiro atoms. The van der Waals surface area contributed by atoms with E-state index in [1.807, 2.05) is 0 Å². The van der Waals surface area contributed by atoms with Crippen LogP contribution in [0.25, 0.3) is 0 Å². The minimum Gasteiger partial charge on any atom is -0.462 e. The number of allylic oxidation sites excluding steroid dienone is 4. The topological polar surface area (TPSA) is 149 Å². The third-order valence-electron chi connectivity index (χ3n) is 10.9. The Morgan fingerprint density at radius 3 is 1.32 bits per heavy atom. The van der Waals surface area contributed by atoms with Crippen molar-refractivity contribution < 1.29 is 47.8 Å². The lowest BCUT2D eigenvalue weighted by atomic mass is 10.0. The molecule has 0 aromatic rings. The highest BCUT2D eigenvalue weighted by Gasteiger charge is 2.27. The van der Waals surface area contributed by atoms with Gasteiger partial charge in [0, 0.05) is 12.8 Å². The molecule has 0 rings (SSSR count). The molecule has 3 N–H and O–H groups in total. The second-order valence-corrected chi connectivity index (χ2v) is 18.3. The summed E-state index contributed by atoms with van der Waals surface area (Å²) in [7, 11) is -4.62. The maximum Gasteiger partial charge on any atom is 0.472 e. The lowest BCUT2D eigenvalue weighted by Crippen LogP contribution is -2.29. The summed E-state index contributed by atoms with van der Waals surface area (Å²) in [6.45, 7) is 2.40. The van der Waals surface area contributed by atoms with Crippen molar-refractivity contribution in [1.82, 2.24) is 0 Å². The summed E-state index contributed by atoms with van der Waals surface area (Å²) in [6.07, 6.45) is 47.1. The summed E-state index contributed by atoms with van der Waals surface area (Å²) < 4.78 is 32.8. The van der Waals surface area contributed by atoms with Gasteiger partial charge in [-0.05, 0) is 44.9 Å². The van der Waals surface area contributed by atoms with Crippen LogP contribution in [0.3, 0.4) is 0 Å². The van der Waals surface area contributed by atoms with Crippen molar-refractivity contribution in [3.8, 4) is 0 Å². The van der Waals surface area contributed by atoms with Crippen LogP contribution in [-0.2, 0) is 32.7 Å². The lowest BCUT2D eigenvalue weighted by molar-refractivity contribution is -0.161. The second kappa shape index (κ2) is 45.5. The van der Waals surface area contributed by atoms with E-state index < -0.39 is 51.8 Å². The molecular weight excluding hydrogens is 780 g/mol. The molecular formula is C49H93O10P. The number of carbonyl (C=O) groups is 2. The van der Waals surface area contributed by atoms with Crippen LogP contribution in [0.2, 0.25) is 0 Å². The van der Waals surface area contributed by atoms with E-state index in [9.17, 15) is 24.2 Å². The Hall–Kier alpha value is -1.55. The van der Waals surface area contributed by atoms with Crippen LogP contribution >= 0.6 is 7.82 Å². The molecule has 0 aromatic heterocycles. The second-order valence-electron chi connectivity index (χ2n) is 16.8. The van der Waals surface area contributed by atoms with Gasteiger partial charge in [-0.2, -0.15) is 0 Å². The van der Waals surface area contributed by atoms with Crippen LogP contribution in [0.4, 0.5) is 0 Å². The fraction of sp³-hybridized carbons (Fsp3) is 0.878. The summed E-state index contributed by atoms with van der Waals surface area (Å²) >= 11 is 0. The van der Waals surface area contributed by atoms with Crippen molar-refractivity contribution in [3.63, 3.8) is 0 Å². The first-order valence-corrected chi connectivity index (χ1v) is 26.3. The number of hydrogen-bond donors (Lipinski definition) is 3. The van der Waals surface area contributed by atoms with Gasteiger partial charge in [-0.3, -0.25) is 18.6 Å². The number of aliphatic hydroxyl groups excluding tert-OH is 2. The van der Waals surface area contributed by atoms with E-state index in [0.717, 1.165) is 51.4 Å². The van der Waals surface area contributed by atoms with Gasteiger partial charge in [-0.25, -0.2) is 4.57 Å². The molecule has 0 saturated carbocycles. The maximum absolute atomic E-state index is 12.7. The maximum atomic E-state index is 12.7. The Morgan fingerprint density at radius 2 is 0.867 bits per heavy atom. The Balaban J connectivity index is 4.19. The molecule has 0 aliphatic heterocycles. The van der Waals surface area contributed by atoms with Crippen molar-refractivity contribution in [1.29, 1.82) is 0 Å². The monoisotopic (exact) mass is 873 g/mol. The number of esters is 2. The molecule has 354 valence electrons. The highest BCUT2D eigenvalue weighted by molar-refractivity contribution is 7.47. The fourth-order valence-electron chi connectivity index (χ4n) is 7.03. The lowest BCUT2D eigenvalue weighted by Gasteiger charge is -2.20. The average Bonchev–Trinajstić information content (AvgIpc) is 3.24. The van der Waals surface area contributed by atoms with E-state index in [4.69, 9.17) is 23.6 Å². The molecule has 10 nitrogen and oxygen atoms in total. The Bertz CT molecular complexity index is 1050. The molecule has 0 amide bonds. The van der Waals surface area contributed by atoms with E-state index in [2.05, 4.69) is 38.2 Å². The van der Waals surface area contributed by atoms with E-state index in [1.54, 1.807) is 0 Å². The fourth-order valence-corrected chi connectivity index (χ4v) is 7.82. The third kappa shape index (κ3) is 44.5. The summed E-state index contributed by atoms with van der Waals surface area (Å²) in [5.41, 5.74) is 0. The molecule has 0 aliphatic carbocycles. The van der Waals surface area contributed by atoms with Crippen molar-refractivity contribution >= 4 is 19.8 Å². The Morgan fingerprint density at radius 1 is 0.500 bits per heavy atom. The van der Waals surface area contributed by atoms with Gasteiger partial charge in [-0.1, -0.05) is 205 Å². The SMILES string of the molecule is CCCCC/C=C/C/C=C/CCCCCCCCCCCC(=O)O[C@H](COC(=O)CCCCCCCCCCCCCCCCCCCC)COP(=O)(O)OC[C@@H](O)CO. The van der Waals surface area contributed by atoms with Crippen molar-refractivity contribution in [2.24, 2.45) is 0 Å². The van der Waals surface area contributed by atoms with Crippen LogP contribution in [0, 0.1) is 0 Å². The highest BCUT2D eigenvalue weighted by atomic mass is 31.2. The zero-order valence-electron chi connectivity index (χ0n) is 38.7. The minimum atomic E-state index is -4.62. The van der Waals surface area contributed by atoms with Crippen LogP contribution < -0.4 is 0 Å². The number of phosphoric acid groups is 1. The number of ether oxygens (including phenoxy) is 2. The van der Waals surface area contributed by atoms with Crippen molar-refractivity contribution in [3.05, 3.63) is 24.3 Å². The van der Waals surface area contributed by atoms with Gasteiger partial charge in [-0.15, -0.1) is 0 Å². The van der Waals surface area contributed by atoms with Crippen LogP contribution in [0.1, 0.15) is 239 Å². The summed E-state index contributed by atoms with van der Waals surface area (Å²) in [5.74, 6) is -0.917. The number of aliphatic hydroxyl groups is 2. The molecule has 60 heavy (non-hydrogen) atoms. The molecule has 0 bridgehead atoms. The minimum absolute atomic E-state index is 0.182. The van der Waals surface area contributed by atoms with E-state index in [1.165, 1.54) is 148 Å². The van der Waals surface area contributed by atoms with Crippen LogP contribution in [0.5, 0.6) is 0 Å². The van der Waals surface area contributed by atoms with Gasteiger partial charge in [0.2, 0.25) is 0 Å². The first kappa shape index (κ1) is 58.5. The quantitative estimate of drug-likeness (QED) is 0.0233. The standard InChI is InChI=1S/C49H93O10P/c1-3-5-7-9-11-13-15-17-19-21-23-25-27-29-31-33-35-37-39-41-49(53)59-47(45-58-60(54,55)57-43-46(51)42-50)44-56-48(52)40-38-36-34-32-30-28-26-24-22-20-18-16-14-12-10-8-6-4-2/h11,13,17,19,46-47,50-51H,3-10,12,14-16,18,20-45H2,1-2H3,(H,54,55)/b13-11+,19-17+/t46-,47+/m0/s1. The predicted molar refractivity (Wildman–Crippen MR) is 247 cm³/mol. The Kier molecular flexibility index (Phi) is 44.3. The molecule has 11 heteroatoms. The largest absolute Gasteiger partial charge is 0.472 e. The Labute approximate surface area is 368 Å². The summed E-state index contributed by atoms with van der Waals surface area (Å²) in [5, 5.41) is 18.4. The van der Waals surface area contributed by atoms with Crippen LogP contribution in [0.15, 0.2) is 24.3 Å². The first-order valence-electron chi connectivity index (χ1n) is 24.8. The smallest absolute Gasteiger partial charge is 0.462 e. The molecule has 0 radical (unpaired) electrons. The number of hydrogen-bond acceptors (Lipinski definition) is 9. The van der Waals surface area contributed by atoms with Gasteiger partial charge in [0.05, 0.1) is 19.8 Å². The molecule has 0 aromatic carbocycles. The normalized spacial score (nSPS) is 13.9. The molecule has 0 fully saturated rings. The van der Waals surface area contributed by atoms with Gasteiger partial charge in [0.15, 0.2) is 6.10 Å². The number of phosphoric ester groups is 1. The first-order chi connectivity index (χ1) is 29.2. The van der Waals surface area contributed by atoms with E-state index >= 15 is 0 Å². The number of unbranched alkanes of at least 4 members (excludes halogenated alkanes) is 29. The van der Waals surface area contributed by atoms with Gasteiger partial charge < -0.3 is 24.6 Å². The molecule has 3 atom stereocenters. The molecule has 0 heterocycles. The zero-order valence-corrected chi connectivity index (χ0v) is 39.6. The predicted octanol–water partition coefficient (Wildman–Crippen LogP) is 13.7. The zero-order chi connectivity index (χ0) is 44.0. The van der Waals surface area contributed by atoms with Gasteiger partial charge in [0.1, 0.15) is 12.7 Å². The summed E-state index contributed by atoms with van der Waals surface area (Å²) in [4.78, 5) is 35.1. The number of rotatable bonds is 47. The average molecular weight is 873 g/mol. The third-order valence-corrected chi connectivity index (χ3v) is 11.8. The van der Waals surface area contributed by atoms with Gasteiger partial charge >= 0.3 is 19.8 Å². The van der Waals surface area contributed by atoms with E-state index in [0.29, 0.717) is 12.8 Å². The number of carbonyl (C=O) groups excluding carboxylic acids is 2. The van der Waals surface area contributed by atoms with Crippen molar-refractivity contribution in [2.75, 3.05) is 26.4 Å². The van der Waals surface area contributed by atoms with E-state index in [-0.39, 0.29) is 19.4 Å². The molecule has 1 unspecified atom stereocenters.